The second-order valence-electron chi connectivity index (χ2n) is 6.14. The molecule has 0 heterocycles. The topological polar surface area (TPSA) is 32.3 Å². The molecular weight excluding hydrogens is 295 g/mol. The molecule has 2 aromatic rings. The Morgan fingerprint density at radius 3 is 2.13 bits per heavy atom. The number of hydrogen-bond acceptors (Lipinski definition) is 2. The summed E-state index contributed by atoms with van der Waals surface area (Å²) in [5.74, 6) is -0.229. The number of rotatable bonds is 6. The quantitative estimate of drug-likeness (QED) is 0.571. The van der Waals surface area contributed by atoms with E-state index >= 15 is 0 Å². The summed E-state index contributed by atoms with van der Waals surface area (Å²) in [6.07, 6.45) is 1.74. The minimum absolute atomic E-state index is 0. The van der Waals surface area contributed by atoms with Crippen LogP contribution in [0.4, 0.5) is 0 Å². The first kappa shape index (κ1) is 19.6. The predicted molar refractivity (Wildman–Crippen MR) is 92.3 cm³/mol. The molecule has 23 heavy (non-hydrogen) atoms. The van der Waals surface area contributed by atoms with Gasteiger partial charge in [0.2, 0.25) is 0 Å². The first-order valence-electron chi connectivity index (χ1n) is 7.61. The fourth-order valence-electron chi connectivity index (χ4n) is 2.32. The zero-order valence-electron chi connectivity index (χ0n) is 14.5. The van der Waals surface area contributed by atoms with Gasteiger partial charge in [0.1, 0.15) is 0 Å². The molecule has 0 bridgehead atoms. The number of allylic oxidation sites excluding steroid dienone is 1. The first-order chi connectivity index (χ1) is 10.5. The van der Waals surface area contributed by atoms with Crippen LogP contribution in [0.3, 0.4) is 0 Å². The van der Waals surface area contributed by atoms with Crippen molar-refractivity contribution in [1.29, 1.82) is 0 Å². The van der Waals surface area contributed by atoms with Gasteiger partial charge in [-0.3, -0.25) is 0 Å². The second-order valence-corrected chi connectivity index (χ2v) is 11.1. The van der Waals surface area contributed by atoms with Crippen molar-refractivity contribution in [2.24, 2.45) is 0 Å². The Bertz CT molecular complexity index is 612. The molecule has 2 rings (SSSR count). The Morgan fingerprint density at radius 1 is 1.04 bits per heavy atom. The first-order valence-corrected chi connectivity index (χ1v) is 10.7. The maximum Gasteiger partial charge on any atom is 1.00 e. The van der Waals surface area contributed by atoms with Gasteiger partial charge in [-0.2, -0.15) is 0 Å². The molecule has 0 fully saturated rings. The number of benzene rings is 2. The van der Waals surface area contributed by atoms with Gasteiger partial charge >= 0.3 is 18.9 Å². The number of hydrogen-bond donors (Lipinski definition) is 0. The standard InChI is InChI=1S/C19H24O2Si.Li/c1-16(22(2,3)18-12-8-5-9-13-18)14-19(20)21-15-17-10-6-4-7-11-17;/h4-14,16,20H,15H2,1-3H3;/q;+1/p-1/b19-14-;. The Kier molecular flexibility index (Phi) is 7.71. The SMILES string of the molecule is CC(/C=C(/[O-])OCc1ccccc1)[Si](C)(C)c1ccccc1.[Li+]. The minimum atomic E-state index is -1.71. The van der Waals surface area contributed by atoms with Gasteiger partial charge in [0.25, 0.3) is 0 Å². The number of ether oxygens (including phenoxy) is 1. The third-order valence-electron chi connectivity index (χ3n) is 4.27. The van der Waals surface area contributed by atoms with Gasteiger partial charge in [-0.1, -0.05) is 91.9 Å². The monoisotopic (exact) mass is 318 g/mol. The summed E-state index contributed by atoms with van der Waals surface area (Å²) >= 11 is 0. The van der Waals surface area contributed by atoms with E-state index in [1.54, 1.807) is 6.08 Å². The van der Waals surface area contributed by atoms with Gasteiger partial charge in [-0.05, 0) is 11.1 Å². The van der Waals surface area contributed by atoms with E-state index in [2.05, 4.69) is 44.3 Å². The molecule has 0 aliphatic heterocycles. The molecule has 0 radical (unpaired) electrons. The molecular formula is C19H23LiO2Si. The van der Waals surface area contributed by atoms with E-state index < -0.39 is 8.07 Å². The van der Waals surface area contributed by atoms with Gasteiger partial charge in [0, 0.05) is 12.6 Å². The molecule has 0 N–H and O–H groups in total. The van der Waals surface area contributed by atoms with Gasteiger partial charge in [0.15, 0.2) is 0 Å². The summed E-state index contributed by atoms with van der Waals surface area (Å²) in [7, 11) is -1.71. The van der Waals surface area contributed by atoms with Crippen molar-refractivity contribution in [2.45, 2.75) is 32.2 Å². The summed E-state index contributed by atoms with van der Waals surface area (Å²) < 4.78 is 5.36. The van der Waals surface area contributed by atoms with Crippen LogP contribution in [0.1, 0.15) is 12.5 Å². The van der Waals surface area contributed by atoms with E-state index in [-0.39, 0.29) is 30.3 Å². The smallest absolute Gasteiger partial charge is 0.609 e. The molecule has 1 atom stereocenters. The molecule has 116 valence electrons. The fourth-order valence-corrected chi connectivity index (χ4v) is 4.45. The van der Waals surface area contributed by atoms with Crippen molar-refractivity contribution in [3.05, 3.63) is 78.2 Å². The summed E-state index contributed by atoms with van der Waals surface area (Å²) in [4.78, 5) is 0. The molecule has 2 nitrogen and oxygen atoms in total. The summed E-state index contributed by atoms with van der Waals surface area (Å²) in [5.41, 5.74) is 1.23. The Hall–Kier alpha value is -1.41. The van der Waals surface area contributed by atoms with Crippen molar-refractivity contribution in [2.75, 3.05) is 0 Å². The Labute approximate surface area is 152 Å². The van der Waals surface area contributed by atoms with Gasteiger partial charge in [-0.15, -0.1) is 0 Å². The Balaban J connectivity index is 0.00000264. The van der Waals surface area contributed by atoms with Crippen LogP contribution in [0.2, 0.25) is 18.6 Å². The van der Waals surface area contributed by atoms with Crippen molar-refractivity contribution in [1.82, 2.24) is 0 Å². The molecule has 0 spiro atoms. The molecule has 4 heteroatoms. The van der Waals surface area contributed by atoms with E-state index in [0.717, 1.165) is 5.56 Å². The zero-order chi connectivity index (χ0) is 16.0. The van der Waals surface area contributed by atoms with Crippen molar-refractivity contribution >= 4 is 13.3 Å². The third-order valence-corrected chi connectivity index (χ3v) is 8.53. The van der Waals surface area contributed by atoms with Crippen molar-refractivity contribution < 1.29 is 28.7 Å². The average molecular weight is 318 g/mol. The van der Waals surface area contributed by atoms with Gasteiger partial charge < -0.3 is 9.84 Å². The van der Waals surface area contributed by atoms with Crippen LogP contribution in [-0.2, 0) is 11.3 Å². The third kappa shape index (κ3) is 5.62. The maximum absolute atomic E-state index is 12.0. The fraction of sp³-hybridized carbons (Fsp3) is 0.263. The molecule has 0 aliphatic carbocycles. The van der Waals surface area contributed by atoms with E-state index in [0.29, 0.717) is 6.61 Å². The average Bonchev–Trinajstić information content (AvgIpc) is 2.54. The molecule has 1 unspecified atom stereocenters. The Morgan fingerprint density at radius 2 is 1.57 bits per heavy atom. The molecule has 0 aromatic heterocycles. The van der Waals surface area contributed by atoms with Crippen LogP contribution in [0.5, 0.6) is 0 Å². The summed E-state index contributed by atoms with van der Waals surface area (Å²) in [5, 5.41) is 13.4. The molecule has 0 saturated carbocycles. The van der Waals surface area contributed by atoms with Crippen LogP contribution >= 0.6 is 0 Å². The van der Waals surface area contributed by atoms with Crippen molar-refractivity contribution in [3.63, 3.8) is 0 Å². The molecule has 0 amide bonds. The van der Waals surface area contributed by atoms with Crippen LogP contribution in [-0.4, -0.2) is 8.07 Å². The van der Waals surface area contributed by atoms with E-state index in [1.165, 1.54) is 5.19 Å². The molecule has 0 aliphatic rings. The van der Waals surface area contributed by atoms with Crippen LogP contribution in [0, 0.1) is 0 Å². The van der Waals surface area contributed by atoms with Crippen LogP contribution < -0.4 is 29.2 Å². The predicted octanol–water partition coefficient (Wildman–Crippen LogP) is 0.415. The molecule has 2 aromatic carbocycles. The normalized spacial score (nSPS) is 13.1. The summed E-state index contributed by atoms with van der Waals surface area (Å²) in [6, 6.07) is 20.2. The van der Waals surface area contributed by atoms with E-state index in [4.69, 9.17) is 4.74 Å². The van der Waals surface area contributed by atoms with Gasteiger partial charge in [0.05, 0.1) is 8.07 Å². The zero-order valence-corrected chi connectivity index (χ0v) is 15.5. The van der Waals surface area contributed by atoms with Crippen LogP contribution in [0.15, 0.2) is 72.7 Å². The largest absolute Gasteiger partial charge is 1.00 e. The van der Waals surface area contributed by atoms with Crippen molar-refractivity contribution in [3.8, 4) is 0 Å². The van der Waals surface area contributed by atoms with E-state index in [9.17, 15) is 5.11 Å². The second kappa shape index (κ2) is 9.03. The minimum Gasteiger partial charge on any atom is -0.609 e. The van der Waals surface area contributed by atoms with Gasteiger partial charge in [-0.25, -0.2) is 0 Å². The summed E-state index contributed by atoms with van der Waals surface area (Å²) in [6.45, 7) is 7.02. The van der Waals surface area contributed by atoms with E-state index in [1.807, 2.05) is 36.4 Å². The maximum atomic E-state index is 12.0. The molecule has 0 saturated heterocycles. The van der Waals surface area contributed by atoms with Crippen LogP contribution in [0.25, 0.3) is 0 Å².